The van der Waals surface area contributed by atoms with Crippen LogP contribution in [0.25, 0.3) is 0 Å². The van der Waals surface area contributed by atoms with E-state index >= 15 is 0 Å². The summed E-state index contributed by atoms with van der Waals surface area (Å²) in [6.07, 6.45) is 0. The maximum Gasteiger partial charge on any atom is 0.335 e. The number of halogens is 2. The lowest BCUT2D eigenvalue weighted by molar-refractivity contribution is 0.0697. The van der Waals surface area contributed by atoms with E-state index in [4.69, 9.17) is 9.84 Å². The lowest BCUT2D eigenvalue weighted by Crippen LogP contribution is -2.06. The molecule has 0 spiro atoms. The number of nitrogens with one attached hydrogen (secondary N) is 1. The second kappa shape index (κ2) is 6.21. The molecular formula is C15H13F2NO3. The zero-order valence-corrected chi connectivity index (χ0v) is 11.2. The van der Waals surface area contributed by atoms with Gasteiger partial charge in [-0.25, -0.2) is 13.6 Å². The van der Waals surface area contributed by atoms with Crippen LogP contribution in [0, 0.1) is 11.6 Å². The van der Waals surface area contributed by atoms with Gasteiger partial charge in [0.2, 0.25) is 0 Å². The Bertz CT molecular complexity index is 674. The van der Waals surface area contributed by atoms with E-state index in [-0.39, 0.29) is 17.7 Å². The van der Waals surface area contributed by atoms with Gasteiger partial charge in [-0.15, -0.1) is 0 Å². The number of aromatic carboxylic acids is 1. The van der Waals surface area contributed by atoms with Gasteiger partial charge in [0.05, 0.1) is 18.4 Å². The standard InChI is InChI=1S/C15H13F2NO3/c1-21-13-6-5-9(15(19)20)7-12(13)18-8-10-3-2-4-11(16)14(10)17/h2-7,18H,8H2,1H3,(H,19,20). The van der Waals surface area contributed by atoms with E-state index in [2.05, 4.69) is 5.32 Å². The molecule has 0 bridgehead atoms. The number of ether oxygens (including phenoxy) is 1. The summed E-state index contributed by atoms with van der Waals surface area (Å²) in [6, 6.07) is 8.14. The molecule has 2 rings (SSSR count). The fraction of sp³-hybridized carbons (Fsp3) is 0.133. The lowest BCUT2D eigenvalue weighted by atomic mass is 10.1. The molecule has 0 aromatic heterocycles. The Balaban J connectivity index is 2.24. The quantitative estimate of drug-likeness (QED) is 0.888. The molecule has 0 saturated carbocycles. The van der Waals surface area contributed by atoms with E-state index in [0.717, 1.165) is 6.07 Å². The SMILES string of the molecule is COc1ccc(C(=O)O)cc1NCc1cccc(F)c1F. The average molecular weight is 293 g/mol. The van der Waals surface area contributed by atoms with Crippen molar-refractivity contribution in [1.29, 1.82) is 0 Å². The molecule has 0 saturated heterocycles. The molecule has 0 heterocycles. The zero-order chi connectivity index (χ0) is 15.4. The Kier molecular flexibility index (Phi) is 4.37. The molecule has 110 valence electrons. The van der Waals surface area contributed by atoms with Crippen LogP contribution in [-0.2, 0) is 6.54 Å². The fourth-order valence-corrected chi connectivity index (χ4v) is 1.85. The van der Waals surface area contributed by atoms with Crippen LogP contribution in [0.1, 0.15) is 15.9 Å². The number of rotatable bonds is 5. The van der Waals surface area contributed by atoms with E-state index < -0.39 is 17.6 Å². The second-order valence-corrected chi connectivity index (χ2v) is 4.29. The number of hydrogen-bond donors (Lipinski definition) is 2. The lowest BCUT2D eigenvalue weighted by Gasteiger charge is -2.12. The summed E-state index contributed by atoms with van der Waals surface area (Å²) in [5, 5.41) is 11.8. The van der Waals surface area contributed by atoms with Crippen molar-refractivity contribution in [3.63, 3.8) is 0 Å². The van der Waals surface area contributed by atoms with E-state index in [9.17, 15) is 13.6 Å². The van der Waals surface area contributed by atoms with Gasteiger partial charge < -0.3 is 15.2 Å². The predicted octanol–water partition coefficient (Wildman–Crippen LogP) is 3.28. The number of anilines is 1. The number of hydrogen-bond acceptors (Lipinski definition) is 3. The van der Waals surface area contributed by atoms with Crippen molar-refractivity contribution in [3.8, 4) is 5.75 Å². The number of benzene rings is 2. The van der Waals surface area contributed by atoms with Crippen LogP contribution < -0.4 is 10.1 Å². The molecular weight excluding hydrogens is 280 g/mol. The molecule has 2 N–H and O–H groups in total. The molecule has 21 heavy (non-hydrogen) atoms. The van der Waals surface area contributed by atoms with Gasteiger partial charge in [-0.05, 0) is 24.3 Å². The van der Waals surface area contributed by atoms with E-state index in [1.54, 1.807) is 0 Å². The van der Waals surface area contributed by atoms with Crippen LogP contribution in [0.2, 0.25) is 0 Å². The van der Waals surface area contributed by atoms with Crippen molar-refractivity contribution in [2.75, 3.05) is 12.4 Å². The van der Waals surface area contributed by atoms with Crippen LogP contribution >= 0.6 is 0 Å². The highest BCUT2D eigenvalue weighted by Gasteiger charge is 2.11. The van der Waals surface area contributed by atoms with Crippen LogP contribution in [0.15, 0.2) is 36.4 Å². The highest BCUT2D eigenvalue weighted by atomic mass is 19.2. The fourth-order valence-electron chi connectivity index (χ4n) is 1.85. The van der Waals surface area contributed by atoms with Gasteiger partial charge in [0.15, 0.2) is 11.6 Å². The van der Waals surface area contributed by atoms with Crippen molar-refractivity contribution < 1.29 is 23.4 Å². The highest BCUT2D eigenvalue weighted by Crippen LogP contribution is 2.26. The molecule has 0 aliphatic carbocycles. The highest BCUT2D eigenvalue weighted by molar-refractivity contribution is 5.89. The van der Waals surface area contributed by atoms with E-state index in [0.29, 0.717) is 11.4 Å². The number of carboxylic acids is 1. The van der Waals surface area contributed by atoms with Gasteiger partial charge in [0.1, 0.15) is 5.75 Å². The van der Waals surface area contributed by atoms with Crippen LogP contribution in [0.4, 0.5) is 14.5 Å². The number of carbonyl (C=O) groups is 1. The second-order valence-electron chi connectivity index (χ2n) is 4.29. The largest absolute Gasteiger partial charge is 0.495 e. The molecule has 6 heteroatoms. The molecule has 0 aliphatic rings. The summed E-state index contributed by atoms with van der Waals surface area (Å²) in [5.74, 6) is -2.53. The van der Waals surface area contributed by atoms with Crippen molar-refractivity contribution in [2.24, 2.45) is 0 Å². The Morgan fingerprint density at radius 1 is 1.29 bits per heavy atom. The van der Waals surface area contributed by atoms with Crippen LogP contribution in [0.3, 0.4) is 0 Å². The number of methoxy groups -OCH3 is 1. The molecule has 0 fully saturated rings. The van der Waals surface area contributed by atoms with E-state index in [1.165, 1.54) is 37.4 Å². The first-order valence-electron chi connectivity index (χ1n) is 6.11. The van der Waals surface area contributed by atoms with Crippen LogP contribution in [-0.4, -0.2) is 18.2 Å². The monoisotopic (exact) mass is 293 g/mol. The molecule has 0 unspecified atom stereocenters. The Morgan fingerprint density at radius 3 is 2.71 bits per heavy atom. The topological polar surface area (TPSA) is 58.6 Å². The van der Waals surface area contributed by atoms with Crippen molar-refractivity contribution >= 4 is 11.7 Å². The first-order valence-corrected chi connectivity index (χ1v) is 6.11. The molecule has 2 aromatic carbocycles. The van der Waals surface area contributed by atoms with Gasteiger partial charge >= 0.3 is 5.97 Å². The van der Waals surface area contributed by atoms with Gasteiger partial charge in [-0.2, -0.15) is 0 Å². The van der Waals surface area contributed by atoms with Gasteiger partial charge in [0.25, 0.3) is 0 Å². The average Bonchev–Trinajstić information content (AvgIpc) is 2.48. The third-order valence-electron chi connectivity index (χ3n) is 2.95. The predicted molar refractivity (Wildman–Crippen MR) is 73.6 cm³/mol. The van der Waals surface area contributed by atoms with Gasteiger partial charge in [-0.1, -0.05) is 12.1 Å². The Labute approximate surface area is 120 Å². The number of carboxylic acid groups (broad SMARTS) is 1. The molecule has 0 aliphatic heterocycles. The summed E-state index contributed by atoms with van der Waals surface area (Å²) in [5.41, 5.74) is 0.594. The van der Waals surface area contributed by atoms with Crippen molar-refractivity contribution in [3.05, 3.63) is 59.2 Å². The summed E-state index contributed by atoms with van der Waals surface area (Å²) in [4.78, 5) is 10.9. The molecule has 4 nitrogen and oxygen atoms in total. The molecule has 0 radical (unpaired) electrons. The van der Waals surface area contributed by atoms with Gasteiger partial charge in [0, 0.05) is 12.1 Å². The minimum absolute atomic E-state index is 0.00300. The van der Waals surface area contributed by atoms with Crippen LogP contribution in [0.5, 0.6) is 5.75 Å². The van der Waals surface area contributed by atoms with Crippen molar-refractivity contribution in [1.82, 2.24) is 0 Å². The molecule has 0 atom stereocenters. The zero-order valence-electron chi connectivity index (χ0n) is 11.2. The van der Waals surface area contributed by atoms with E-state index in [1.807, 2.05) is 0 Å². The van der Waals surface area contributed by atoms with Gasteiger partial charge in [-0.3, -0.25) is 0 Å². The molecule has 0 amide bonds. The summed E-state index contributed by atoms with van der Waals surface area (Å²) < 4.78 is 31.8. The summed E-state index contributed by atoms with van der Waals surface area (Å²) >= 11 is 0. The summed E-state index contributed by atoms with van der Waals surface area (Å²) in [6.45, 7) is 0.00300. The minimum Gasteiger partial charge on any atom is -0.495 e. The Hall–Kier alpha value is -2.63. The van der Waals surface area contributed by atoms with Crippen molar-refractivity contribution in [2.45, 2.75) is 6.54 Å². The smallest absolute Gasteiger partial charge is 0.335 e. The molecule has 2 aromatic rings. The summed E-state index contributed by atoms with van der Waals surface area (Å²) in [7, 11) is 1.43. The first kappa shape index (κ1) is 14.8. The third kappa shape index (κ3) is 3.28. The third-order valence-corrected chi connectivity index (χ3v) is 2.95. The minimum atomic E-state index is -1.09. The first-order chi connectivity index (χ1) is 10.0. The maximum absolute atomic E-state index is 13.6. The maximum atomic E-state index is 13.6. The Morgan fingerprint density at radius 2 is 2.05 bits per heavy atom. The normalized spacial score (nSPS) is 10.2.